The molecule has 2 amide bonds. The van der Waals surface area contributed by atoms with E-state index in [0.29, 0.717) is 19.5 Å². The number of rotatable bonds is 4. The van der Waals surface area contributed by atoms with Crippen molar-refractivity contribution in [2.75, 3.05) is 20.2 Å². The Morgan fingerprint density at radius 3 is 2.71 bits per heavy atom. The van der Waals surface area contributed by atoms with Gasteiger partial charge in [-0.05, 0) is 6.92 Å². The maximum absolute atomic E-state index is 11.8. The summed E-state index contributed by atoms with van der Waals surface area (Å²) in [5.74, 6) is -1.00. The van der Waals surface area contributed by atoms with Crippen LogP contribution in [0.5, 0.6) is 0 Å². The number of carbonyl (C=O) groups excluding carboxylic acids is 1. The van der Waals surface area contributed by atoms with Crippen LogP contribution in [0.25, 0.3) is 0 Å². The number of likely N-dealkylation sites (tertiary alicyclic amines) is 1. The lowest BCUT2D eigenvalue weighted by molar-refractivity contribution is -0.141. The second kappa shape index (κ2) is 5.67. The molecule has 17 heavy (non-hydrogen) atoms. The molecule has 0 bridgehead atoms. The molecule has 1 aliphatic rings. The summed E-state index contributed by atoms with van der Waals surface area (Å²) in [7, 11) is 1.51. The van der Waals surface area contributed by atoms with E-state index < -0.39 is 12.0 Å². The van der Waals surface area contributed by atoms with E-state index in [1.165, 1.54) is 12.0 Å². The number of aliphatic carboxylic acids is 1. The van der Waals surface area contributed by atoms with E-state index in [1.54, 1.807) is 6.92 Å². The molecule has 1 heterocycles. The van der Waals surface area contributed by atoms with Crippen molar-refractivity contribution in [3.63, 3.8) is 0 Å². The van der Waals surface area contributed by atoms with E-state index in [9.17, 15) is 9.59 Å². The fraction of sp³-hybridized carbons (Fsp3) is 0.636. The van der Waals surface area contributed by atoms with Crippen LogP contribution in [0.1, 0.15) is 13.3 Å². The van der Waals surface area contributed by atoms with Crippen LogP contribution in [0.3, 0.4) is 0 Å². The summed E-state index contributed by atoms with van der Waals surface area (Å²) in [4.78, 5) is 24.1. The van der Waals surface area contributed by atoms with E-state index in [0.717, 1.165) is 5.57 Å². The lowest BCUT2D eigenvalue weighted by Crippen LogP contribution is -2.46. The molecule has 2 N–H and O–H groups in total. The molecule has 1 aliphatic heterocycles. The lowest BCUT2D eigenvalue weighted by Gasteiger charge is -2.21. The molecule has 2 atom stereocenters. The summed E-state index contributed by atoms with van der Waals surface area (Å²) < 4.78 is 5.09. The van der Waals surface area contributed by atoms with Gasteiger partial charge in [0.2, 0.25) is 0 Å². The minimum Gasteiger partial charge on any atom is -0.480 e. The van der Waals surface area contributed by atoms with Crippen LogP contribution in [-0.2, 0) is 9.53 Å². The summed E-state index contributed by atoms with van der Waals surface area (Å²) in [5, 5.41) is 11.7. The molecule has 1 saturated heterocycles. The Morgan fingerprint density at radius 1 is 1.59 bits per heavy atom. The Bertz CT molecular complexity index is 329. The molecule has 1 rings (SSSR count). The van der Waals surface area contributed by atoms with Gasteiger partial charge in [-0.2, -0.15) is 0 Å². The van der Waals surface area contributed by atoms with Gasteiger partial charge in [-0.3, -0.25) is 0 Å². The van der Waals surface area contributed by atoms with Gasteiger partial charge in [0.1, 0.15) is 6.04 Å². The zero-order valence-electron chi connectivity index (χ0n) is 10.1. The molecule has 0 aliphatic carbocycles. The number of amides is 2. The van der Waals surface area contributed by atoms with Crippen LogP contribution in [-0.4, -0.2) is 54.4 Å². The number of hydrogen-bond acceptors (Lipinski definition) is 3. The van der Waals surface area contributed by atoms with Crippen LogP contribution >= 0.6 is 0 Å². The Balaban J connectivity index is 2.63. The fourth-order valence-corrected chi connectivity index (χ4v) is 1.75. The number of ether oxygens (including phenoxy) is 1. The highest BCUT2D eigenvalue weighted by Gasteiger charge is 2.39. The molecule has 0 aromatic heterocycles. The van der Waals surface area contributed by atoms with Crippen LogP contribution in [0.15, 0.2) is 12.2 Å². The van der Waals surface area contributed by atoms with Crippen LogP contribution in [0.2, 0.25) is 0 Å². The molecule has 6 heteroatoms. The number of urea groups is 1. The van der Waals surface area contributed by atoms with Crippen molar-refractivity contribution in [2.24, 2.45) is 0 Å². The van der Waals surface area contributed by atoms with E-state index in [1.807, 2.05) is 0 Å². The number of hydrogen-bond donors (Lipinski definition) is 2. The number of carboxylic acid groups (broad SMARTS) is 1. The van der Waals surface area contributed by atoms with Crippen molar-refractivity contribution >= 4 is 12.0 Å². The number of methoxy groups -OCH3 is 1. The van der Waals surface area contributed by atoms with Gasteiger partial charge < -0.3 is 20.1 Å². The van der Waals surface area contributed by atoms with Gasteiger partial charge in [0.25, 0.3) is 0 Å². The third-order valence-corrected chi connectivity index (χ3v) is 2.68. The third kappa shape index (κ3) is 3.45. The highest BCUT2D eigenvalue weighted by atomic mass is 16.5. The molecule has 0 radical (unpaired) electrons. The second-order valence-electron chi connectivity index (χ2n) is 4.22. The largest absolute Gasteiger partial charge is 0.480 e. The zero-order chi connectivity index (χ0) is 13.0. The van der Waals surface area contributed by atoms with E-state index in [2.05, 4.69) is 11.9 Å². The van der Waals surface area contributed by atoms with Gasteiger partial charge in [-0.1, -0.05) is 12.2 Å². The molecule has 0 aromatic carbocycles. The van der Waals surface area contributed by atoms with Crippen molar-refractivity contribution in [3.05, 3.63) is 12.2 Å². The van der Waals surface area contributed by atoms with Crippen molar-refractivity contribution in [1.29, 1.82) is 0 Å². The molecule has 0 saturated carbocycles. The number of carboxylic acids is 1. The number of nitrogens with zero attached hydrogens (tertiary/aromatic N) is 1. The predicted octanol–water partition coefficient (Wildman–Crippen LogP) is 0.446. The van der Waals surface area contributed by atoms with Gasteiger partial charge in [0.05, 0.1) is 6.10 Å². The minimum absolute atomic E-state index is 0.216. The molecule has 6 nitrogen and oxygen atoms in total. The van der Waals surface area contributed by atoms with Gasteiger partial charge in [0, 0.05) is 26.6 Å². The summed E-state index contributed by atoms with van der Waals surface area (Å²) >= 11 is 0. The van der Waals surface area contributed by atoms with E-state index in [4.69, 9.17) is 9.84 Å². The Morgan fingerprint density at radius 2 is 2.24 bits per heavy atom. The van der Waals surface area contributed by atoms with Gasteiger partial charge in [-0.15, -0.1) is 0 Å². The standard InChI is InChI=1S/C11H18N2O4/c1-7(2)5-12-11(16)13-6-8(17-3)4-9(13)10(14)15/h8-9H,1,4-6H2,2-3H3,(H,12,16)(H,14,15). The minimum atomic E-state index is -1.00. The SMILES string of the molecule is C=C(C)CNC(=O)N1CC(OC)CC1C(=O)O. The molecule has 0 spiro atoms. The monoisotopic (exact) mass is 242 g/mol. The first-order valence-electron chi connectivity index (χ1n) is 5.40. The molecule has 2 unspecified atom stereocenters. The van der Waals surface area contributed by atoms with Gasteiger partial charge >= 0.3 is 12.0 Å². The Hall–Kier alpha value is -1.56. The van der Waals surface area contributed by atoms with Gasteiger partial charge in [-0.25, -0.2) is 9.59 Å². The average molecular weight is 242 g/mol. The van der Waals surface area contributed by atoms with Crippen molar-refractivity contribution in [1.82, 2.24) is 10.2 Å². The van der Waals surface area contributed by atoms with Crippen molar-refractivity contribution in [2.45, 2.75) is 25.5 Å². The maximum atomic E-state index is 11.8. The van der Waals surface area contributed by atoms with Crippen LogP contribution < -0.4 is 5.32 Å². The molecular weight excluding hydrogens is 224 g/mol. The quantitative estimate of drug-likeness (QED) is 0.701. The zero-order valence-corrected chi connectivity index (χ0v) is 10.1. The number of carbonyl (C=O) groups is 2. The predicted molar refractivity (Wildman–Crippen MR) is 61.8 cm³/mol. The van der Waals surface area contributed by atoms with E-state index in [-0.39, 0.29) is 12.1 Å². The normalized spacial score (nSPS) is 23.5. The Kier molecular flexibility index (Phi) is 4.51. The summed E-state index contributed by atoms with van der Waals surface area (Å²) in [6.07, 6.45) is 0.110. The summed E-state index contributed by atoms with van der Waals surface area (Å²) in [5.41, 5.74) is 0.813. The average Bonchev–Trinajstić information content (AvgIpc) is 2.69. The van der Waals surface area contributed by atoms with Gasteiger partial charge in [0.15, 0.2) is 0 Å². The maximum Gasteiger partial charge on any atom is 0.326 e. The molecule has 96 valence electrons. The van der Waals surface area contributed by atoms with Crippen LogP contribution in [0, 0.1) is 0 Å². The third-order valence-electron chi connectivity index (χ3n) is 2.68. The highest BCUT2D eigenvalue weighted by molar-refractivity contribution is 5.83. The van der Waals surface area contributed by atoms with E-state index >= 15 is 0 Å². The van der Waals surface area contributed by atoms with Crippen LogP contribution in [0.4, 0.5) is 4.79 Å². The lowest BCUT2D eigenvalue weighted by atomic mass is 10.2. The number of nitrogens with one attached hydrogen (secondary N) is 1. The fourth-order valence-electron chi connectivity index (χ4n) is 1.75. The molecule has 1 fully saturated rings. The summed E-state index contributed by atoms with van der Waals surface area (Å²) in [6.45, 7) is 6.10. The van der Waals surface area contributed by atoms with Crippen molar-refractivity contribution < 1.29 is 19.4 Å². The summed E-state index contributed by atoms with van der Waals surface area (Å²) in [6, 6.07) is -1.20. The molecular formula is C11H18N2O4. The van der Waals surface area contributed by atoms with Crippen molar-refractivity contribution in [3.8, 4) is 0 Å². The highest BCUT2D eigenvalue weighted by Crippen LogP contribution is 2.20. The topological polar surface area (TPSA) is 78.9 Å². The Labute approximate surface area is 100 Å². The first-order chi connectivity index (χ1) is 7.95. The smallest absolute Gasteiger partial charge is 0.326 e. The second-order valence-corrected chi connectivity index (χ2v) is 4.22. The first-order valence-corrected chi connectivity index (χ1v) is 5.40. The first kappa shape index (κ1) is 13.5. The molecule has 0 aromatic rings.